The fourth-order valence-corrected chi connectivity index (χ4v) is 3.24. The molecule has 3 rings (SSSR count). The van der Waals surface area contributed by atoms with E-state index in [2.05, 4.69) is 6.58 Å². The van der Waals surface area contributed by atoms with Crippen LogP contribution in [0.25, 0.3) is 11.4 Å². The number of carbonyl (C=O) groups is 1. The van der Waals surface area contributed by atoms with E-state index in [1.54, 1.807) is 12.1 Å². The monoisotopic (exact) mass is 373 g/mol. The lowest BCUT2D eigenvalue weighted by atomic mass is 10.1. The number of carboxylic acids is 1. The Morgan fingerprint density at radius 3 is 2.46 bits per heavy atom. The van der Waals surface area contributed by atoms with Gasteiger partial charge < -0.3 is 10.0 Å². The second kappa shape index (κ2) is 8.05. The van der Waals surface area contributed by atoms with Crippen LogP contribution in [0.1, 0.15) is 27.2 Å². The van der Waals surface area contributed by atoms with Gasteiger partial charge in [-0.05, 0) is 44.0 Å². The van der Waals surface area contributed by atoms with Crippen molar-refractivity contribution in [2.45, 2.75) is 20.3 Å². The highest BCUT2D eigenvalue weighted by Gasteiger charge is 2.18. The molecular formula is C23H23N3O2. The van der Waals surface area contributed by atoms with Crippen LogP contribution in [0.5, 0.6) is 0 Å². The van der Waals surface area contributed by atoms with E-state index in [0.717, 1.165) is 33.9 Å². The summed E-state index contributed by atoms with van der Waals surface area (Å²) < 4.78 is 0. The smallest absolute Gasteiger partial charge is 0.335 e. The summed E-state index contributed by atoms with van der Waals surface area (Å²) >= 11 is 0. The highest BCUT2D eigenvalue weighted by molar-refractivity contribution is 5.89. The number of rotatable bonds is 6. The summed E-state index contributed by atoms with van der Waals surface area (Å²) in [5.41, 5.74) is 4.87. The highest BCUT2D eigenvalue weighted by atomic mass is 16.4. The van der Waals surface area contributed by atoms with Crippen molar-refractivity contribution in [3.63, 3.8) is 0 Å². The molecule has 142 valence electrons. The third-order valence-corrected chi connectivity index (χ3v) is 4.70. The Labute approximate surface area is 165 Å². The van der Waals surface area contributed by atoms with Crippen LogP contribution in [0.3, 0.4) is 0 Å². The predicted molar refractivity (Wildman–Crippen MR) is 112 cm³/mol. The Bertz CT molecular complexity index is 1030. The topological polar surface area (TPSA) is 66.3 Å². The van der Waals surface area contributed by atoms with E-state index >= 15 is 0 Å². The summed E-state index contributed by atoms with van der Waals surface area (Å²) in [5, 5.41) is 9.22. The van der Waals surface area contributed by atoms with Gasteiger partial charge >= 0.3 is 5.97 Å². The molecule has 0 aliphatic heterocycles. The van der Waals surface area contributed by atoms with E-state index < -0.39 is 5.97 Å². The normalized spacial score (nSPS) is 10.5. The average molecular weight is 373 g/mol. The number of nitrogens with zero attached hydrogens (tertiary/aromatic N) is 3. The van der Waals surface area contributed by atoms with Gasteiger partial charge in [0.05, 0.1) is 5.56 Å². The fourth-order valence-electron chi connectivity index (χ4n) is 3.24. The van der Waals surface area contributed by atoms with E-state index in [1.807, 2.05) is 68.3 Å². The lowest BCUT2D eigenvalue weighted by Gasteiger charge is -2.24. The van der Waals surface area contributed by atoms with Crippen molar-refractivity contribution >= 4 is 17.5 Å². The molecule has 0 saturated carbocycles. The molecule has 1 N–H and O–H groups in total. The van der Waals surface area contributed by atoms with Gasteiger partial charge in [0, 0.05) is 29.6 Å². The Morgan fingerprint density at radius 1 is 1.14 bits per heavy atom. The van der Waals surface area contributed by atoms with Crippen molar-refractivity contribution in [1.29, 1.82) is 0 Å². The molecule has 0 unspecified atom stereocenters. The molecule has 0 atom stereocenters. The summed E-state index contributed by atoms with van der Waals surface area (Å²) in [6.45, 7) is 7.74. The molecule has 2 aromatic carbocycles. The van der Waals surface area contributed by atoms with Gasteiger partial charge in [0.25, 0.3) is 0 Å². The number of aromatic nitrogens is 2. The summed E-state index contributed by atoms with van der Waals surface area (Å²) in [7, 11) is 1.94. The van der Waals surface area contributed by atoms with Crippen LogP contribution < -0.4 is 4.90 Å². The van der Waals surface area contributed by atoms with Crippen molar-refractivity contribution in [3.8, 4) is 11.4 Å². The average Bonchev–Trinajstić information content (AvgIpc) is 2.69. The second-order valence-corrected chi connectivity index (χ2v) is 6.66. The minimum Gasteiger partial charge on any atom is -0.478 e. The van der Waals surface area contributed by atoms with Crippen molar-refractivity contribution in [2.75, 3.05) is 11.9 Å². The molecule has 1 heterocycles. The van der Waals surface area contributed by atoms with Crippen molar-refractivity contribution in [3.05, 3.63) is 83.6 Å². The summed E-state index contributed by atoms with van der Waals surface area (Å²) in [4.78, 5) is 22.8. The molecule has 28 heavy (non-hydrogen) atoms. The van der Waals surface area contributed by atoms with Crippen LogP contribution in [0.15, 0.2) is 61.2 Å². The summed E-state index contributed by atoms with van der Waals surface area (Å²) in [5.74, 6) is 0.513. The van der Waals surface area contributed by atoms with Gasteiger partial charge in [-0.1, -0.05) is 36.4 Å². The van der Waals surface area contributed by atoms with Crippen LogP contribution in [-0.4, -0.2) is 28.1 Å². The van der Waals surface area contributed by atoms with Gasteiger partial charge in [-0.3, -0.25) is 0 Å². The second-order valence-electron chi connectivity index (χ2n) is 6.66. The Kier molecular flexibility index (Phi) is 5.54. The van der Waals surface area contributed by atoms with Gasteiger partial charge in [-0.15, -0.1) is 6.58 Å². The lowest BCUT2D eigenvalue weighted by Crippen LogP contribution is -2.17. The zero-order valence-electron chi connectivity index (χ0n) is 16.3. The molecule has 5 heteroatoms. The molecule has 0 aliphatic rings. The van der Waals surface area contributed by atoms with Crippen LogP contribution in [0.4, 0.5) is 11.5 Å². The number of carboxylic acid groups (broad SMARTS) is 1. The SMILES string of the molecule is C=CCc1c(C)nc(-c2ccccc2)nc1N(C)c1ccc(C(=O)O)cc1C. The predicted octanol–water partition coefficient (Wildman–Crippen LogP) is 4.96. The molecule has 0 saturated heterocycles. The van der Waals surface area contributed by atoms with Gasteiger partial charge in [0.1, 0.15) is 5.82 Å². The quantitative estimate of drug-likeness (QED) is 0.619. The summed E-state index contributed by atoms with van der Waals surface area (Å²) in [6.07, 6.45) is 2.48. The van der Waals surface area contributed by atoms with Crippen LogP contribution >= 0.6 is 0 Å². The van der Waals surface area contributed by atoms with Gasteiger partial charge in [0.2, 0.25) is 0 Å². The van der Waals surface area contributed by atoms with Crippen LogP contribution in [0.2, 0.25) is 0 Å². The zero-order valence-corrected chi connectivity index (χ0v) is 16.3. The fraction of sp³-hybridized carbons (Fsp3) is 0.174. The Balaban J connectivity index is 2.14. The van der Waals surface area contributed by atoms with Crippen LogP contribution in [0, 0.1) is 13.8 Å². The molecule has 0 aliphatic carbocycles. The molecule has 1 aromatic heterocycles. The first-order chi connectivity index (χ1) is 13.4. The first kappa shape index (κ1) is 19.3. The number of hydrogen-bond donors (Lipinski definition) is 1. The number of hydrogen-bond acceptors (Lipinski definition) is 4. The van der Waals surface area contributed by atoms with E-state index in [4.69, 9.17) is 9.97 Å². The number of allylic oxidation sites excluding steroid dienone is 1. The molecule has 3 aromatic rings. The highest BCUT2D eigenvalue weighted by Crippen LogP contribution is 2.32. The molecule has 0 fully saturated rings. The molecule has 0 radical (unpaired) electrons. The van der Waals surface area contributed by atoms with Crippen molar-refractivity contribution in [1.82, 2.24) is 9.97 Å². The number of benzene rings is 2. The van der Waals surface area contributed by atoms with Crippen LogP contribution in [-0.2, 0) is 6.42 Å². The standard InChI is InChI=1S/C23H23N3O2/c1-5-9-19-16(3)24-21(17-10-7-6-8-11-17)25-22(19)26(4)20-13-12-18(23(27)28)14-15(20)2/h5-8,10-14H,1,9H2,2-4H3,(H,27,28). The maximum atomic E-state index is 11.2. The summed E-state index contributed by atoms with van der Waals surface area (Å²) in [6, 6.07) is 15.0. The first-order valence-electron chi connectivity index (χ1n) is 9.04. The lowest BCUT2D eigenvalue weighted by molar-refractivity contribution is 0.0697. The van der Waals surface area contributed by atoms with Crippen molar-refractivity contribution in [2.24, 2.45) is 0 Å². The van der Waals surface area contributed by atoms with E-state index in [-0.39, 0.29) is 5.56 Å². The van der Waals surface area contributed by atoms with E-state index in [9.17, 15) is 9.90 Å². The molecule has 0 spiro atoms. The van der Waals surface area contributed by atoms with E-state index in [0.29, 0.717) is 12.2 Å². The van der Waals surface area contributed by atoms with Crippen molar-refractivity contribution < 1.29 is 9.90 Å². The third kappa shape index (κ3) is 3.78. The number of aryl methyl sites for hydroxylation is 2. The van der Waals surface area contributed by atoms with E-state index in [1.165, 1.54) is 0 Å². The maximum absolute atomic E-state index is 11.2. The first-order valence-corrected chi connectivity index (χ1v) is 9.04. The van der Waals surface area contributed by atoms with Gasteiger partial charge in [0.15, 0.2) is 5.82 Å². The maximum Gasteiger partial charge on any atom is 0.335 e. The Morgan fingerprint density at radius 2 is 1.86 bits per heavy atom. The molecule has 0 bridgehead atoms. The molecule has 5 nitrogen and oxygen atoms in total. The minimum absolute atomic E-state index is 0.268. The minimum atomic E-state index is -0.936. The third-order valence-electron chi connectivity index (χ3n) is 4.70. The van der Waals surface area contributed by atoms with Gasteiger partial charge in [-0.25, -0.2) is 14.8 Å². The zero-order chi connectivity index (χ0) is 20.3. The van der Waals surface area contributed by atoms with Gasteiger partial charge in [-0.2, -0.15) is 0 Å². The molecule has 0 amide bonds. The number of anilines is 2. The Hall–Kier alpha value is -3.47. The molecular weight excluding hydrogens is 350 g/mol. The number of aromatic carboxylic acids is 1. The largest absolute Gasteiger partial charge is 0.478 e.